The van der Waals surface area contributed by atoms with Crippen molar-refractivity contribution in [1.82, 2.24) is 3.97 Å². The molecule has 1 aromatic heterocycles. The Bertz CT molecular complexity index is 458. The molecule has 0 aliphatic heterocycles. The zero-order chi connectivity index (χ0) is 11.6. The second-order valence-electron chi connectivity index (χ2n) is 3.32. The molecule has 0 fully saturated rings. The van der Waals surface area contributed by atoms with Crippen LogP contribution in [0.1, 0.15) is 24.2 Å². The van der Waals surface area contributed by atoms with Gasteiger partial charge in [0.1, 0.15) is 0 Å². The highest BCUT2D eigenvalue weighted by molar-refractivity contribution is 7.90. The summed E-state index contributed by atoms with van der Waals surface area (Å²) in [5.41, 5.74) is 0.224. The first-order chi connectivity index (χ1) is 6.89. The molecule has 5 nitrogen and oxygen atoms in total. The lowest BCUT2D eigenvalue weighted by Gasteiger charge is -2.07. The zero-order valence-electron chi connectivity index (χ0n) is 8.80. The molecule has 0 aliphatic carbocycles. The van der Waals surface area contributed by atoms with Crippen molar-refractivity contribution in [2.75, 3.05) is 7.11 Å². The van der Waals surface area contributed by atoms with E-state index in [9.17, 15) is 13.2 Å². The van der Waals surface area contributed by atoms with E-state index in [1.165, 1.54) is 25.6 Å². The average molecular weight is 231 g/mol. The number of hydrogen-bond donors (Lipinski definition) is 0. The molecule has 6 heteroatoms. The molecule has 84 valence electrons. The molecule has 1 aromatic rings. The van der Waals surface area contributed by atoms with Gasteiger partial charge in [0.25, 0.3) is 0 Å². The molecule has 0 unspecified atom stereocenters. The predicted molar refractivity (Wildman–Crippen MR) is 55.2 cm³/mol. The fourth-order valence-electron chi connectivity index (χ4n) is 1.02. The molecular formula is C9H13NO4S. The number of carbonyl (C=O) groups is 1. The number of methoxy groups -OCH3 is 1. The Morgan fingerprint density at radius 3 is 2.53 bits per heavy atom. The molecular weight excluding hydrogens is 218 g/mol. The molecule has 15 heavy (non-hydrogen) atoms. The number of esters is 1. The summed E-state index contributed by atoms with van der Waals surface area (Å²) in [5.74, 6) is -0.548. The second kappa shape index (κ2) is 4.06. The molecule has 0 saturated carbocycles. The first-order valence-electron chi connectivity index (χ1n) is 4.40. The predicted octanol–water partition coefficient (Wildman–Crippen LogP) is 0.861. The fourth-order valence-corrected chi connectivity index (χ4v) is 2.00. The lowest BCUT2D eigenvalue weighted by molar-refractivity contribution is 0.0601. The van der Waals surface area contributed by atoms with Crippen molar-refractivity contribution in [2.24, 2.45) is 0 Å². The van der Waals surface area contributed by atoms with Gasteiger partial charge in [-0.05, 0) is 19.9 Å². The van der Waals surface area contributed by atoms with Crippen LogP contribution in [-0.2, 0) is 14.8 Å². The van der Waals surface area contributed by atoms with Crippen LogP contribution in [-0.4, -0.2) is 30.7 Å². The second-order valence-corrected chi connectivity index (χ2v) is 5.71. The Morgan fingerprint density at radius 1 is 1.47 bits per heavy atom. The average Bonchev–Trinajstić information content (AvgIpc) is 2.65. The van der Waals surface area contributed by atoms with Gasteiger partial charge in [-0.15, -0.1) is 0 Å². The van der Waals surface area contributed by atoms with Crippen LogP contribution in [0.25, 0.3) is 0 Å². The van der Waals surface area contributed by atoms with Crippen LogP contribution in [0.5, 0.6) is 0 Å². The van der Waals surface area contributed by atoms with E-state index in [-0.39, 0.29) is 5.56 Å². The maximum Gasteiger partial charge on any atom is 0.339 e. The minimum absolute atomic E-state index is 0.224. The smallest absolute Gasteiger partial charge is 0.339 e. The Morgan fingerprint density at radius 2 is 2.07 bits per heavy atom. The van der Waals surface area contributed by atoms with Gasteiger partial charge >= 0.3 is 5.97 Å². The number of ether oxygens (including phenoxy) is 1. The van der Waals surface area contributed by atoms with E-state index in [1.807, 2.05) is 0 Å². The molecule has 1 heterocycles. The van der Waals surface area contributed by atoms with Crippen molar-refractivity contribution < 1.29 is 17.9 Å². The highest BCUT2D eigenvalue weighted by Gasteiger charge is 2.19. The lowest BCUT2D eigenvalue weighted by atomic mass is 10.3. The summed E-state index contributed by atoms with van der Waals surface area (Å²) >= 11 is 0. The summed E-state index contributed by atoms with van der Waals surface area (Å²) < 4.78 is 28.8. The highest BCUT2D eigenvalue weighted by atomic mass is 32.2. The minimum Gasteiger partial charge on any atom is -0.465 e. The quantitative estimate of drug-likeness (QED) is 0.724. The van der Waals surface area contributed by atoms with E-state index in [4.69, 9.17) is 0 Å². The van der Waals surface area contributed by atoms with Crippen molar-refractivity contribution in [3.63, 3.8) is 0 Å². The summed E-state index contributed by atoms with van der Waals surface area (Å²) in [6.07, 6.45) is 2.59. The first-order valence-corrected chi connectivity index (χ1v) is 5.90. The van der Waals surface area contributed by atoms with Crippen LogP contribution in [0.3, 0.4) is 0 Å². The van der Waals surface area contributed by atoms with Crippen molar-refractivity contribution in [2.45, 2.75) is 19.1 Å². The van der Waals surface area contributed by atoms with Crippen molar-refractivity contribution >= 4 is 16.0 Å². The molecule has 0 bridgehead atoms. The summed E-state index contributed by atoms with van der Waals surface area (Å²) in [4.78, 5) is 11.1. The molecule has 0 amide bonds. The largest absolute Gasteiger partial charge is 0.465 e. The highest BCUT2D eigenvalue weighted by Crippen LogP contribution is 2.10. The molecule has 0 aliphatic rings. The van der Waals surface area contributed by atoms with Gasteiger partial charge in [0.2, 0.25) is 10.0 Å². The van der Waals surface area contributed by atoms with E-state index in [0.717, 1.165) is 3.97 Å². The Kier molecular flexibility index (Phi) is 3.18. The van der Waals surface area contributed by atoms with E-state index >= 15 is 0 Å². The Labute approximate surface area is 88.7 Å². The monoisotopic (exact) mass is 231 g/mol. The van der Waals surface area contributed by atoms with E-state index in [1.54, 1.807) is 13.8 Å². The standard InChI is InChI=1S/C9H13NO4S/c1-7(2)15(12,13)10-5-4-8(6-10)9(11)14-3/h4-7H,1-3H3. The van der Waals surface area contributed by atoms with Crippen LogP contribution in [0.2, 0.25) is 0 Å². The number of rotatable bonds is 3. The van der Waals surface area contributed by atoms with Gasteiger partial charge in [-0.25, -0.2) is 13.2 Å². The summed E-state index contributed by atoms with van der Waals surface area (Å²) in [6.45, 7) is 3.15. The van der Waals surface area contributed by atoms with Gasteiger partial charge in [-0.1, -0.05) is 0 Å². The third-order valence-electron chi connectivity index (χ3n) is 1.98. The molecule has 0 spiro atoms. The first kappa shape index (κ1) is 11.8. The van der Waals surface area contributed by atoms with Crippen LogP contribution in [0.4, 0.5) is 0 Å². The van der Waals surface area contributed by atoms with Crippen molar-refractivity contribution in [1.29, 1.82) is 0 Å². The molecule has 0 radical (unpaired) electrons. The molecule has 1 rings (SSSR count). The van der Waals surface area contributed by atoms with E-state index in [2.05, 4.69) is 4.74 Å². The van der Waals surface area contributed by atoms with Gasteiger partial charge in [-0.2, -0.15) is 0 Å². The third-order valence-corrected chi connectivity index (χ3v) is 3.98. The SMILES string of the molecule is COC(=O)c1ccn(S(=O)(=O)C(C)C)c1. The van der Waals surface area contributed by atoms with E-state index in [0.29, 0.717) is 0 Å². The fraction of sp³-hybridized carbons (Fsp3) is 0.444. The number of nitrogens with zero attached hydrogens (tertiary/aromatic N) is 1. The number of hydrogen-bond acceptors (Lipinski definition) is 4. The maximum atomic E-state index is 11.7. The number of carbonyl (C=O) groups excluding carboxylic acids is 1. The van der Waals surface area contributed by atoms with Crippen LogP contribution in [0, 0.1) is 0 Å². The molecule has 0 N–H and O–H groups in total. The lowest BCUT2D eigenvalue weighted by Crippen LogP contribution is -2.21. The van der Waals surface area contributed by atoms with E-state index < -0.39 is 21.2 Å². The van der Waals surface area contributed by atoms with Gasteiger partial charge < -0.3 is 4.74 Å². The van der Waals surface area contributed by atoms with Gasteiger partial charge in [-0.3, -0.25) is 3.97 Å². The van der Waals surface area contributed by atoms with Crippen LogP contribution >= 0.6 is 0 Å². The molecule has 0 atom stereocenters. The Hall–Kier alpha value is -1.30. The summed E-state index contributed by atoms with van der Waals surface area (Å²) in [5, 5.41) is -0.532. The summed E-state index contributed by atoms with van der Waals surface area (Å²) in [6, 6.07) is 1.41. The third kappa shape index (κ3) is 2.20. The molecule has 0 aromatic carbocycles. The topological polar surface area (TPSA) is 65.4 Å². The normalized spacial score (nSPS) is 11.7. The van der Waals surface area contributed by atoms with Gasteiger partial charge in [0.05, 0.1) is 17.9 Å². The number of aromatic nitrogens is 1. The minimum atomic E-state index is -3.39. The summed E-state index contributed by atoms with van der Waals surface area (Å²) in [7, 11) is -2.14. The van der Waals surface area contributed by atoms with Crippen molar-refractivity contribution in [3.8, 4) is 0 Å². The van der Waals surface area contributed by atoms with Crippen LogP contribution in [0.15, 0.2) is 18.5 Å². The van der Waals surface area contributed by atoms with Gasteiger partial charge in [0, 0.05) is 12.4 Å². The Balaban J connectivity index is 3.10. The maximum absolute atomic E-state index is 11.7. The van der Waals surface area contributed by atoms with Gasteiger partial charge in [0.15, 0.2) is 0 Å². The zero-order valence-corrected chi connectivity index (χ0v) is 9.61. The molecule has 0 saturated heterocycles. The van der Waals surface area contributed by atoms with Crippen LogP contribution < -0.4 is 0 Å². The van der Waals surface area contributed by atoms with Crippen molar-refractivity contribution in [3.05, 3.63) is 24.0 Å².